The number of ether oxygens (including phenoxy) is 1. The average Bonchev–Trinajstić information content (AvgIpc) is 2.95. The Hall–Kier alpha value is -1.86. The van der Waals surface area contributed by atoms with Gasteiger partial charge in [-0.15, -0.1) is 0 Å². The van der Waals surface area contributed by atoms with Gasteiger partial charge in [0.15, 0.2) is 18.1 Å². The number of ketones is 2. The first-order chi connectivity index (χ1) is 15.4. The summed E-state index contributed by atoms with van der Waals surface area (Å²) in [6.45, 7) is 6.58. The van der Waals surface area contributed by atoms with E-state index >= 15 is 4.39 Å². The van der Waals surface area contributed by atoms with Crippen molar-refractivity contribution < 1.29 is 33.7 Å². The minimum Gasteiger partial charge on any atom is -0.458 e. The first-order valence-electron chi connectivity index (χ1n) is 12.1. The van der Waals surface area contributed by atoms with Crippen molar-refractivity contribution >= 4 is 17.5 Å². The molecule has 0 amide bonds. The predicted molar refractivity (Wildman–Crippen MR) is 119 cm³/mol. The lowest BCUT2D eigenvalue weighted by Gasteiger charge is -2.62. The molecule has 182 valence electrons. The lowest BCUT2D eigenvalue weighted by atomic mass is 9.44. The van der Waals surface area contributed by atoms with Crippen LogP contribution in [0.3, 0.4) is 0 Å². The maximum absolute atomic E-state index is 17.1. The van der Waals surface area contributed by atoms with Crippen LogP contribution in [0.2, 0.25) is 0 Å². The number of alkyl halides is 1. The highest BCUT2D eigenvalue weighted by Gasteiger charge is 2.75. The Bertz CT molecular complexity index is 941. The molecule has 8 atom stereocenters. The summed E-state index contributed by atoms with van der Waals surface area (Å²) in [6, 6.07) is 0. The Morgan fingerprint density at radius 3 is 2.64 bits per heavy atom. The van der Waals surface area contributed by atoms with Crippen LogP contribution in [0.1, 0.15) is 66.2 Å². The number of aliphatic hydroxyl groups excluding tert-OH is 1. The zero-order valence-electron chi connectivity index (χ0n) is 19.9. The van der Waals surface area contributed by atoms with Crippen LogP contribution in [0.15, 0.2) is 23.8 Å². The normalized spacial score (nSPS) is 46.2. The summed E-state index contributed by atoms with van der Waals surface area (Å²) in [7, 11) is 0. The van der Waals surface area contributed by atoms with Gasteiger partial charge < -0.3 is 14.9 Å². The largest absolute Gasteiger partial charge is 0.458 e. The van der Waals surface area contributed by atoms with Crippen molar-refractivity contribution in [1.29, 1.82) is 0 Å². The Morgan fingerprint density at radius 2 is 1.97 bits per heavy atom. The Morgan fingerprint density at radius 1 is 1.27 bits per heavy atom. The second-order valence-electron chi connectivity index (χ2n) is 11.0. The summed E-state index contributed by atoms with van der Waals surface area (Å²) >= 11 is 0. The van der Waals surface area contributed by atoms with E-state index in [0.717, 1.165) is 0 Å². The summed E-state index contributed by atoms with van der Waals surface area (Å²) < 4.78 is 22.2. The monoisotopic (exact) mass is 462 g/mol. The molecule has 0 aromatic heterocycles. The molecule has 4 rings (SSSR count). The number of aliphatic hydroxyl groups is 2. The van der Waals surface area contributed by atoms with E-state index in [-0.39, 0.29) is 24.5 Å². The molecule has 0 saturated heterocycles. The number of esters is 1. The van der Waals surface area contributed by atoms with E-state index in [1.54, 1.807) is 26.8 Å². The molecule has 4 aliphatic carbocycles. The molecule has 4 aliphatic rings. The summed E-state index contributed by atoms with van der Waals surface area (Å²) in [5, 5.41) is 23.1. The van der Waals surface area contributed by atoms with Crippen LogP contribution in [0, 0.1) is 28.6 Å². The van der Waals surface area contributed by atoms with Crippen molar-refractivity contribution in [3.8, 4) is 0 Å². The standard InChI is InChI=1S/C26H35FO6/c1-5-6-22(31)33-14-21(30)26(32)15(2)11-19-18-8-7-16-12-17(28)9-10-23(16,3)25(18,27)20(29)13-24(19,26)4/h9-10,12,15,18-20,29,32H,5-8,11,13-14H2,1-4H3/t15-,18-,19-,20-,23-,24-,25-,26-/m0/s1. The molecule has 0 heterocycles. The number of allylic oxidation sites excluding steroid dienone is 4. The van der Waals surface area contributed by atoms with Gasteiger partial charge in [0.25, 0.3) is 0 Å². The fourth-order valence-corrected chi connectivity index (χ4v) is 7.67. The van der Waals surface area contributed by atoms with Crippen molar-refractivity contribution in [2.75, 3.05) is 6.61 Å². The third-order valence-electron chi connectivity index (χ3n) is 9.47. The molecular weight excluding hydrogens is 427 g/mol. The van der Waals surface area contributed by atoms with Crippen LogP contribution in [-0.4, -0.2) is 51.7 Å². The molecule has 0 aromatic carbocycles. The van der Waals surface area contributed by atoms with Crippen molar-refractivity contribution in [3.63, 3.8) is 0 Å². The summed E-state index contributed by atoms with van der Waals surface area (Å²) in [5.41, 5.74) is -5.33. The molecule has 33 heavy (non-hydrogen) atoms. The van der Waals surface area contributed by atoms with Crippen molar-refractivity contribution in [2.24, 2.45) is 28.6 Å². The minimum atomic E-state index is -2.01. The third kappa shape index (κ3) is 3.07. The predicted octanol–water partition coefficient (Wildman–Crippen LogP) is 3.25. The van der Waals surface area contributed by atoms with Crippen molar-refractivity contribution in [1.82, 2.24) is 0 Å². The number of halogens is 1. The van der Waals surface area contributed by atoms with E-state index in [2.05, 4.69) is 0 Å². The van der Waals surface area contributed by atoms with Gasteiger partial charge in [-0.3, -0.25) is 14.4 Å². The van der Waals surface area contributed by atoms with E-state index in [1.807, 2.05) is 6.92 Å². The van der Waals surface area contributed by atoms with E-state index in [9.17, 15) is 24.6 Å². The van der Waals surface area contributed by atoms with Crippen LogP contribution < -0.4 is 0 Å². The fourth-order valence-electron chi connectivity index (χ4n) is 7.67. The number of carbonyl (C=O) groups is 3. The van der Waals surface area contributed by atoms with Gasteiger partial charge in [-0.05, 0) is 63.0 Å². The number of rotatable bonds is 5. The highest BCUT2D eigenvalue weighted by atomic mass is 19.1. The molecule has 0 unspecified atom stereocenters. The van der Waals surface area contributed by atoms with Crippen molar-refractivity contribution in [2.45, 2.75) is 83.6 Å². The van der Waals surface area contributed by atoms with Gasteiger partial charge in [0.05, 0.1) is 6.10 Å². The van der Waals surface area contributed by atoms with E-state index in [4.69, 9.17) is 4.74 Å². The Kier molecular flexibility index (Phi) is 5.77. The van der Waals surface area contributed by atoms with Crippen LogP contribution in [0.4, 0.5) is 4.39 Å². The molecule has 3 saturated carbocycles. The summed E-state index contributed by atoms with van der Waals surface area (Å²) in [6.07, 6.45) is 5.10. The van der Waals surface area contributed by atoms with Crippen LogP contribution in [0.5, 0.6) is 0 Å². The lowest BCUT2D eigenvalue weighted by molar-refractivity contribution is -0.220. The van der Waals surface area contributed by atoms with E-state index in [0.29, 0.717) is 31.3 Å². The van der Waals surface area contributed by atoms with Gasteiger partial charge >= 0.3 is 5.97 Å². The van der Waals surface area contributed by atoms with Crippen molar-refractivity contribution in [3.05, 3.63) is 23.8 Å². The molecule has 0 aliphatic heterocycles. The third-order valence-corrected chi connectivity index (χ3v) is 9.47. The molecule has 0 radical (unpaired) electrons. The minimum absolute atomic E-state index is 0.0925. The smallest absolute Gasteiger partial charge is 0.306 e. The fraction of sp³-hybridized carbons (Fsp3) is 0.731. The molecule has 6 nitrogen and oxygen atoms in total. The zero-order valence-corrected chi connectivity index (χ0v) is 19.9. The second kappa shape index (κ2) is 7.84. The summed E-state index contributed by atoms with van der Waals surface area (Å²) in [4.78, 5) is 37.0. The highest BCUT2D eigenvalue weighted by molar-refractivity contribution is 6.01. The van der Waals surface area contributed by atoms with Crippen LogP contribution >= 0.6 is 0 Å². The molecule has 0 spiro atoms. The van der Waals surface area contributed by atoms with Gasteiger partial charge in [0.1, 0.15) is 5.60 Å². The van der Waals surface area contributed by atoms with Crippen LogP contribution in [0.25, 0.3) is 0 Å². The molecule has 2 N–H and O–H groups in total. The van der Waals surface area contributed by atoms with Gasteiger partial charge in [0, 0.05) is 23.2 Å². The molecule has 0 aromatic rings. The molecular formula is C26H35FO6. The second-order valence-corrected chi connectivity index (χ2v) is 11.0. The topological polar surface area (TPSA) is 101 Å². The number of hydrogen-bond donors (Lipinski definition) is 2. The van der Waals surface area contributed by atoms with E-state index in [1.165, 1.54) is 12.2 Å². The van der Waals surface area contributed by atoms with Gasteiger partial charge in [-0.2, -0.15) is 0 Å². The Labute approximate surface area is 194 Å². The first kappa shape index (κ1) is 24.3. The van der Waals surface area contributed by atoms with Gasteiger partial charge in [-0.25, -0.2) is 4.39 Å². The highest BCUT2D eigenvalue weighted by Crippen LogP contribution is 2.70. The number of Topliss-reactive ketones (excluding diaryl/α,β-unsaturated/α-hetero) is 1. The number of hydrogen-bond acceptors (Lipinski definition) is 6. The molecule has 3 fully saturated rings. The first-order valence-corrected chi connectivity index (χ1v) is 12.1. The van der Waals surface area contributed by atoms with Gasteiger partial charge in [0.2, 0.25) is 5.78 Å². The maximum Gasteiger partial charge on any atom is 0.306 e. The average molecular weight is 463 g/mol. The quantitative estimate of drug-likeness (QED) is 0.609. The van der Waals surface area contributed by atoms with Crippen LogP contribution in [-0.2, 0) is 19.1 Å². The lowest BCUT2D eigenvalue weighted by Crippen LogP contribution is -2.69. The molecule has 0 bridgehead atoms. The SMILES string of the molecule is CCCC(=O)OCC(=O)[C@@]1(O)[C@@H](C)C[C@H]2[C@@H]3CCC4=CC(=O)C=C[C@]4(C)[C@@]3(F)[C@@H](O)C[C@@]21C. The molecule has 7 heteroatoms. The van der Waals surface area contributed by atoms with Gasteiger partial charge in [-0.1, -0.05) is 32.4 Å². The Balaban J connectivity index is 1.69. The number of carbonyl (C=O) groups excluding carboxylic acids is 3. The number of fused-ring (bicyclic) bond motifs is 5. The zero-order chi connectivity index (χ0) is 24.4. The summed E-state index contributed by atoms with van der Waals surface area (Å²) in [5.74, 6) is -2.66. The maximum atomic E-state index is 17.1. The van der Waals surface area contributed by atoms with E-state index < -0.39 is 58.4 Å².